The van der Waals surface area contributed by atoms with Crippen LogP contribution in [0.15, 0.2) is 18.2 Å². The highest BCUT2D eigenvalue weighted by Crippen LogP contribution is 2.33. The molecule has 106 valence electrons. The number of ether oxygens (including phenoxy) is 2. The van der Waals surface area contributed by atoms with Crippen molar-refractivity contribution in [2.75, 3.05) is 26.9 Å². The highest BCUT2D eigenvalue weighted by molar-refractivity contribution is 5.45. The number of para-hydroxylation sites is 1. The summed E-state index contributed by atoms with van der Waals surface area (Å²) in [6.45, 7) is -0.664. The summed E-state index contributed by atoms with van der Waals surface area (Å²) in [5, 5.41) is 2.96. The van der Waals surface area contributed by atoms with E-state index in [4.69, 9.17) is 9.47 Å². The molecule has 0 spiro atoms. The molecule has 0 aliphatic carbocycles. The van der Waals surface area contributed by atoms with Gasteiger partial charge in [-0.2, -0.15) is 13.2 Å². The first-order chi connectivity index (χ1) is 9.01. The molecule has 1 aliphatic heterocycles. The van der Waals surface area contributed by atoms with Gasteiger partial charge in [-0.3, -0.25) is 0 Å². The van der Waals surface area contributed by atoms with Gasteiger partial charge in [0.2, 0.25) is 0 Å². The van der Waals surface area contributed by atoms with Crippen molar-refractivity contribution in [3.05, 3.63) is 29.3 Å². The number of hydrogen-bond acceptors (Lipinski definition) is 3. The van der Waals surface area contributed by atoms with Crippen LogP contribution in [-0.4, -0.2) is 33.0 Å². The first kappa shape index (κ1) is 14.1. The number of fused-ring (bicyclic) bond motifs is 1. The summed E-state index contributed by atoms with van der Waals surface area (Å²) >= 11 is 0. The lowest BCUT2D eigenvalue weighted by atomic mass is 10.0. The maximum absolute atomic E-state index is 12.1. The van der Waals surface area contributed by atoms with Crippen molar-refractivity contribution in [3.63, 3.8) is 0 Å². The average molecular weight is 275 g/mol. The molecule has 0 saturated heterocycles. The summed E-state index contributed by atoms with van der Waals surface area (Å²) in [6.07, 6.45) is -3.46. The molecule has 1 N–H and O–H groups in total. The lowest BCUT2D eigenvalue weighted by Gasteiger charge is -2.19. The second kappa shape index (κ2) is 5.79. The van der Waals surface area contributed by atoms with Crippen LogP contribution < -0.4 is 10.1 Å². The van der Waals surface area contributed by atoms with Crippen molar-refractivity contribution in [1.82, 2.24) is 5.32 Å². The maximum atomic E-state index is 12.1. The highest BCUT2D eigenvalue weighted by atomic mass is 19.4. The summed E-state index contributed by atoms with van der Waals surface area (Å²) in [5.74, 6) is 0.775. The quantitative estimate of drug-likeness (QED) is 0.895. The zero-order valence-corrected chi connectivity index (χ0v) is 10.6. The van der Waals surface area contributed by atoms with Crippen LogP contribution >= 0.6 is 0 Å². The third kappa shape index (κ3) is 3.61. The van der Waals surface area contributed by atoms with Gasteiger partial charge >= 0.3 is 6.18 Å². The van der Waals surface area contributed by atoms with Crippen LogP contribution in [0.1, 0.15) is 17.2 Å². The number of benzene rings is 1. The zero-order chi connectivity index (χ0) is 13.9. The Morgan fingerprint density at radius 3 is 2.89 bits per heavy atom. The summed E-state index contributed by atoms with van der Waals surface area (Å²) < 4.78 is 46.4. The Hall–Kier alpha value is -1.27. The van der Waals surface area contributed by atoms with Gasteiger partial charge in [-0.25, -0.2) is 0 Å². The normalized spacial score (nSPS) is 16.0. The number of nitrogens with one attached hydrogen (secondary N) is 1. The molecule has 0 radical (unpaired) electrons. The number of halogens is 3. The first-order valence-corrected chi connectivity index (χ1v) is 6.07. The molecule has 0 fully saturated rings. The minimum Gasteiger partial charge on any atom is -0.493 e. The second-order valence-electron chi connectivity index (χ2n) is 4.41. The minimum absolute atomic E-state index is 0.0458. The van der Waals surface area contributed by atoms with Crippen LogP contribution in [0, 0.1) is 0 Å². The van der Waals surface area contributed by atoms with Crippen molar-refractivity contribution >= 4 is 0 Å². The Bertz CT molecular complexity index is 434. The van der Waals surface area contributed by atoms with Crippen molar-refractivity contribution in [1.29, 1.82) is 0 Å². The average Bonchev–Trinajstić information content (AvgIpc) is 2.81. The van der Waals surface area contributed by atoms with Gasteiger partial charge in [-0.15, -0.1) is 0 Å². The molecular weight excluding hydrogens is 259 g/mol. The number of hydrogen-bond donors (Lipinski definition) is 1. The molecular formula is C13H16F3NO2. The van der Waals surface area contributed by atoms with Crippen LogP contribution in [0.25, 0.3) is 0 Å². The van der Waals surface area contributed by atoms with Crippen LogP contribution in [-0.2, 0) is 11.2 Å². The number of alkyl halides is 3. The van der Waals surface area contributed by atoms with Gasteiger partial charge in [0.15, 0.2) is 0 Å². The van der Waals surface area contributed by atoms with Crippen molar-refractivity contribution < 1.29 is 22.6 Å². The predicted octanol–water partition coefficient (Wildman–Crippen LogP) is 2.46. The van der Waals surface area contributed by atoms with E-state index in [0.29, 0.717) is 6.61 Å². The summed E-state index contributed by atoms with van der Waals surface area (Å²) in [6, 6.07) is 5.39. The largest absolute Gasteiger partial charge is 0.493 e. The van der Waals surface area contributed by atoms with Gasteiger partial charge < -0.3 is 14.8 Å². The fourth-order valence-corrected chi connectivity index (χ4v) is 2.14. The van der Waals surface area contributed by atoms with Crippen LogP contribution in [0.4, 0.5) is 13.2 Å². The van der Waals surface area contributed by atoms with Gasteiger partial charge in [-0.05, 0) is 12.6 Å². The number of likely N-dealkylation sites (N-methyl/N-ethyl adjacent to an activating group) is 1. The highest BCUT2D eigenvalue weighted by Gasteiger charge is 2.28. The van der Waals surface area contributed by atoms with E-state index in [0.717, 1.165) is 23.3 Å². The van der Waals surface area contributed by atoms with Gasteiger partial charge in [0, 0.05) is 12.0 Å². The Balaban J connectivity index is 2.04. The van der Waals surface area contributed by atoms with Gasteiger partial charge in [0.25, 0.3) is 0 Å². The topological polar surface area (TPSA) is 30.5 Å². The zero-order valence-electron chi connectivity index (χ0n) is 10.6. The molecule has 0 amide bonds. The first-order valence-electron chi connectivity index (χ1n) is 6.07. The Morgan fingerprint density at radius 1 is 1.42 bits per heavy atom. The molecule has 2 rings (SSSR count). The van der Waals surface area contributed by atoms with Crippen molar-refractivity contribution in [2.45, 2.75) is 18.6 Å². The molecule has 1 heterocycles. The molecule has 1 aromatic rings. The van der Waals surface area contributed by atoms with Crippen LogP contribution in [0.3, 0.4) is 0 Å². The Kier molecular flexibility index (Phi) is 4.31. The Morgan fingerprint density at radius 2 is 2.21 bits per heavy atom. The molecule has 19 heavy (non-hydrogen) atoms. The van der Waals surface area contributed by atoms with Gasteiger partial charge in [-0.1, -0.05) is 18.2 Å². The maximum Gasteiger partial charge on any atom is 0.411 e. The molecule has 0 bridgehead atoms. The summed E-state index contributed by atoms with van der Waals surface area (Å²) in [5.41, 5.74) is 1.94. The molecule has 0 saturated carbocycles. The third-order valence-corrected chi connectivity index (χ3v) is 3.02. The molecule has 1 atom stereocenters. The molecule has 3 nitrogen and oxygen atoms in total. The summed E-state index contributed by atoms with van der Waals surface area (Å²) in [7, 11) is 1.69. The van der Waals surface area contributed by atoms with E-state index in [-0.39, 0.29) is 12.6 Å². The molecule has 6 heteroatoms. The molecule has 1 aromatic carbocycles. The van der Waals surface area contributed by atoms with E-state index in [1.165, 1.54) is 0 Å². The lowest BCUT2D eigenvalue weighted by molar-refractivity contribution is -0.175. The van der Waals surface area contributed by atoms with E-state index < -0.39 is 12.8 Å². The molecule has 1 unspecified atom stereocenters. The van der Waals surface area contributed by atoms with E-state index in [1.807, 2.05) is 18.2 Å². The standard InChI is InChI=1S/C13H16F3NO2/c1-17-11(7-18-8-13(14,15)16)10-4-2-3-9-5-6-19-12(9)10/h2-4,11,17H,5-8H2,1H3. The fourth-order valence-electron chi connectivity index (χ4n) is 2.14. The lowest BCUT2D eigenvalue weighted by Crippen LogP contribution is -2.26. The van der Waals surface area contributed by atoms with E-state index in [2.05, 4.69) is 5.32 Å². The smallest absolute Gasteiger partial charge is 0.411 e. The molecule has 1 aliphatic rings. The number of rotatable bonds is 5. The molecule has 0 aromatic heterocycles. The summed E-state index contributed by atoms with van der Waals surface area (Å²) in [4.78, 5) is 0. The van der Waals surface area contributed by atoms with Crippen molar-refractivity contribution in [3.8, 4) is 5.75 Å². The SMILES string of the molecule is CNC(COCC(F)(F)F)c1cccc2c1OCC2. The van der Waals surface area contributed by atoms with Crippen LogP contribution in [0.5, 0.6) is 5.75 Å². The second-order valence-corrected chi connectivity index (χ2v) is 4.41. The van der Waals surface area contributed by atoms with Gasteiger partial charge in [0.1, 0.15) is 12.4 Å². The monoisotopic (exact) mass is 275 g/mol. The Labute approximate surface area is 109 Å². The fraction of sp³-hybridized carbons (Fsp3) is 0.538. The van der Waals surface area contributed by atoms with E-state index in [9.17, 15) is 13.2 Å². The predicted molar refractivity (Wildman–Crippen MR) is 64.3 cm³/mol. The van der Waals surface area contributed by atoms with Crippen LogP contribution in [0.2, 0.25) is 0 Å². The van der Waals surface area contributed by atoms with Crippen molar-refractivity contribution in [2.24, 2.45) is 0 Å². The van der Waals surface area contributed by atoms with E-state index >= 15 is 0 Å². The third-order valence-electron chi connectivity index (χ3n) is 3.02. The van der Waals surface area contributed by atoms with Gasteiger partial charge in [0.05, 0.1) is 19.3 Å². The van der Waals surface area contributed by atoms with E-state index in [1.54, 1.807) is 7.05 Å². The minimum atomic E-state index is -4.30.